The van der Waals surface area contributed by atoms with Gasteiger partial charge in [-0.15, -0.1) is 0 Å². The van der Waals surface area contributed by atoms with E-state index in [-0.39, 0.29) is 11.1 Å². The van der Waals surface area contributed by atoms with Crippen LogP contribution in [-0.2, 0) is 4.79 Å². The average Bonchev–Trinajstić information content (AvgIpc) is 2.14. The first-order chi connectivity index (χ1) is 7.40. The first-order valence-corrected chi connectivity index (χ1v) is 5.23. The highest BCUT2D eigenvalue weighted by Crippen LogP contribution is 2.20. The van der Waals surface area contributed by atoms with Gasteiger partial charge >= 0.3 is 5.97 Å². The second-order valence-corrected chi connectivity index (χ2v) is 4.15. The number of nitrogens with one attached hydrogen (secondary N) is 1. The molecule has 0 aliphatic heterocycles. The Morgan fingerprint density at radius 2 is 2.06 bits per heavy atom. The van der Waals surface area contributed by atoms with Crippen LogP contribution in [0, 0.1) is 11.7 Å². The van der Waals surface area contributed by atoms with Gasteiger partial charge in [-0.2, -0.15) is 0 Å². The van der Waals surface area contributed by atoms with E-state index in [1.165, 1.54) is 12.1 Å². The van der Waals surface area contributed by atoms with Crippen LogP contribution in [0.5, 0.6) is 0 Å². The molecule has 0 bridgehead atoms. The summed E-state index contributed by atoms with van der Waals surface area (Å²) in [6, 6.07) is 3.71. The highest BCUT2D eigenvalue weighted by Gasteiger charge is 2.19. The van der Waals surface area contributed by atoms with Crippen LogP contribution in [0.3, 0.4) is 0 Å². The smallest absolute Gasteiger partial charge is 0.308 e. The van der Waals surface area contributed by atoms with Gasteiger partial charge in [0.2, 0.25) is 0 Å². The van der Waals surface area contributed by atoms with Crippen molar-refractivity contribution < 1.29 is 14.3 Å². The molecule has 0 saturated heterocycles. The van der Waals surface area contributed by atoms with Gasteiger partial charge in [-0.1, -0.05) is 11.6 Å². The molecular weight excluding hydrogens is 233 g/mol. The number of carbonyl (C=O) groups is 1. The molecule has 1 aromatic rings. The van der Waals surface area contributed by atoms with Crippen molar-refractivity contribution in [2.24, 2.45) is 5.92 Å². The van der Waals surface area contributed by atoms with Crippen LogP contribution in [0.1, 0.15) is 13.8 Å². The number of carboxylic acids is 1. The van der Waals surface area contributed by atoms with Crippen LogP contribution in [0.25, 0.3) is 0 Å². The molecule has 2 N–H and O–H groups in total. The molecule has 1 aromatic carbocycles. The van der Waals surface area contributed by atoms with E-state index in [1.807, 2.05) is 0 Å². The van der Waals surface area contributed by atoms with E-state index in [2.05, 4.69) is 5.32 Å². The molecule has 0 aromatic heterocycles. The lowest BCUT2D eigenvalue weighted by molar-refractivity contribution is -0.141. The molecule has 5 heteroatoms. The summed E-state index contributed by atoms with van der Waals surface area (Å²) in [5, 5.41) is 12.0. The molecule has 3 nitrogen and oxygen atoms in total. The molecule has 0 amide bonds. The molecule has 0 fully saturated rings. The fourth-order valence-electron chi connectivity index (χ4n) is 1.24. The van der Waals surface area contributed by atoms with Crippen molar-refractivity contribution in [3.05, 3.63) is 29.0 Å². The topological polar surface area (TPSA) is 49.3 Å². The summed E-state index contributed by atoms with van der Waals surface area (Å²) in [7, 11) is 0. The fourth-order valence-corrected chi connectivity index (χ4v) is 1.46. The quantitative estimate of drug-likeness (QED) is 0.857. The van der Waals surface area contributed by atoms with Crippen LogP contribution in [-0.4, -0.2) is 17.1 Å². The van der Waals surface area contributed by atoms with Crippen molar-refractivity contribution in [2.75, 3.05) is 5.32 Å². The van der Waals surface area contributed by atoms with Crippen molar-refractivity contribution in [3.63, 3.8) is 0 Å². The molecule has 0 saturated carbocycles. The van der Waals surface area contributed by atoms with Crippen LogP contribution >= 0.6 is 11.6 Å². The van der Waals surface area contributed by atoms with E-state index in [9.17, 15) is 9.18 Å². The number of hydrogen-bond acceptors (Lipinski definition) is 2. The maximum absolute atomic E-state index is 13.0. The standard InChI is InChI=1S/C11H13ClFNO2/c1-6(11(15)16)7(2)14-10-4-8(12)3-9(13)5-10/h3-7,14H,1-2H3,(H,15,16). The number of anilines is 1. The van der Waals surface area contributed by atoms with E-state index in [1.54, 1.807) is 19.9 Å². The lowest BCUT2D eigenvalue weighted by Crippen LogP contribution is -2.29. The normalized spacial score (nSPS) is 14.2. The summed E-state index contributed by atoms with van der Waals surface area (Å²) < 4.78 is 13.0. The van der Waals surface area contributed by atoms with Crippen molar-refractivity contribution in [1.29, 1.82) is 0 Å². The maximum atomic E-state index is 13.0. The third-order valence-electron chi connectivity index (χ3n) is 2.40. The van der Waals surface area contributed by atoms with E-state index >= 15 is 0 Å². The van der Waals surface area contributed by atoms with Crippen molar-refractivity contribution >= 4 is 23.3 Å². The zero-order valence-electron chi connectivity index (χ0n) is 9.00. The Labute approximate surface area is 98.2 Å². The van der Waals surface area contributed by atoms with Crippen molar-refractivity contribution in [3.8, 4) is 0 Å². The second kappa shape index (κ2) is 5.16. The minimum absolute atomic E-state index is 0.276. The molecule has 0 radical (unpaired) electrons. The van der Waals surface area contributed by atoms with Gasteiger partial charge in [-0.05, 0) is 32.0 Å². The third kappa shape index (κ3) is 3.38. The van der Waals surface area contributed by atoms with Gasteiger partial charge in [0.05, 0.1) is 5.92 Å². The molecule has 0 aliphatic rings. The largest absolute Gasteiger partial charge is 0.481 e. The SMILES string of the molecule is CC(Nc1cc(F)cc(Cl)c1)C(C)C(=O)O. The highest BCUT2D eigenvalue weighted by atomic mass is 35.5. The number of aliphatic carboxylic acids is 1. The number of halogens is 2. The van der Waals surface area contributed by atoms with E-state index in [0.29, 0.717) is 5.69 Å². The predicted molar refractivity (Wildman–Crippen MR) is 61.3 cm³/mol. The molecule has 2 atom stereocenters. The Morgan fingerprint density at radius 3 is 2.56 bits per heavy atom. The van der Waals surface area contributed by atoms with Gasteiger partial charge in [0, 0.05) is 16.8 Å². The van der Waals surface area contributed by atoms with E-state index in [0.717, 1.165) is 0 Å². The summed E-state index contributed by atoms with van der Waals surface area (Å²) in [6.07, 6.45) is 0. The summed E-state index contributed by atoms with van der Waals surface area (Å²) in [6.45, 7) is 3.30. The van der Waals surface area contributed by atoms with Gasteiger partial charge in [-0.3, -0.25) is 4.79 Å². The lowest BCUT2D eigenvalue weighted by atomic mass is 10.0. The van der Waals surface area contributed by atoms with Gasteiger partial charge in [0.15, 0.2) is 0 Å². The van der Waals surface area contributed by atoms with E-state index in [4.69, 9.17) is 16.7 Å². The fraction of sp³-hybridized carbons (Fsp3) is 0.364. The predicted octanol–water partition coefficient (Wildman–Crippen LogP) is 3.00. The maximum Gasteiger partial charge on any atom is 0.308 e. The van der Waals surface area contributed by atoms with Crippen LogP contribution in [0.15, 0.2) is 18.2 Å². The zero-order valence-corrected chi connectivity index (χ0v) is 9.75. The van der Waals surface area contributed by atoms with Gasteiger partial charge in [0.25, 0.3) is 0 Å². The number of rotatable bonds is 4. The van der Waals surface area contributed by atoms with Gasteiger partial charge < -0.3 is 10.4 Å². The summed E-state index contributed by atoms with van der Waals surface area (Å²) in [5.74, 6) is -1.92. The minimum atomic E-state index is -0.900. The summed E-state index contributed by atoms with van der Waals surface area (Å²) in [5.41, 5.74) is 0.477. The number of hydrogen-bond donors (Lipinski definition) is 2. The molecule has 1 rings (SSSR count). The molecule has 0 aliphatic carbocycles. The number of carboxylic acid groups (broad SMARTS) is 1. The molecule has 2 unspecified atom stereocenters. The zero-order chi connectivity index (χ0) is 12.3. The molecule has 0 spiro atoms. The number of benzene rings is 1. The first kappa shape index (κ1) is 12.8. The second-order valence-electron chi connectivity index (χ2n) is 3.72. The Balaban J connectivity index is 2.76. The average molecular weight is 246 g/mol. The molecule has 16 heavy (non-hydrogen) atoms. The Morgan fingerprint density at radius 1 is 1.44 bits per heavy atom. The monoisotopic (exact) mass is 245 g/mol. The van der Waals surface area contributed by atoms with Crippen LogP contribution < -0.4 is 5.32 Å². The summed E-state index contributed by atoms with van der Waals surface area (Å²) in [4.78, 5) is 10.7. The minimum Gasteiger partial charge on any atom is -0.481 e. The van der Waals surface area contributed by atoms with Crippen LogP contribution in [0.2, 0.25) is 5.02 Å². The highest BCUT2D eigenvalue weighted by molar-refractivity contribution is 6.30. The third-order valence-corrected chi connectivity index (χ3v) is 2.61. The molecule has 0 heterocycles. The Kier molecular flexibility index (Phi) is 4.12. The Bertz CT molecular complexity index is 377. The first-order valence-electron chi connectivity index (χ1n) is 4.85. The van der Waals surface area contributed by atoms with Gasteiger partial charge in [-0.25, -0.2) is 4.39 Å². The lowest BCUT2D eigenvalue weighted by Gasteiger charge is -2.19. The Hall–Kier alpha value is -1.29. The molecular formula is C11H13ClFNO2. The summed E-state index contributed by atoms with van der Waals surface area (Å²) >= 11 is 5.68. The molecule has 88 valence electrons. The van der Waals surface area contributed by atoms with E-state index < -0.39 is 17.7 Å². The van der Waals surface area contributed by atoms with Crippen molar-refractivity contribution in [2.45, 2.75) is 19.9 Å². The van der Waals surface area contributed by atoms with Crippen LogP contribution in [0.4, 0.5) is 10.1 Å². The van der Waals surface area contributed by atoms with Gasteiger partial charge in [0.1, 0.15) is 5.82 Å². The van der Waals surface area contributed by atoms with Crippen molar-refractivity contribution in [1.82, 2.24) is 0 Å².